The van der Waals surface area contributed by atoms with Crippen molar-refractivity contribution in [2.24, 2.45) is 0 Å². The lowest BCUT2D eigenvalue weighted by atomic mass is 10.00. The summed E-state index contributed by atoms with van der Waals surface area (Å²) < 4.78 is 12.8. The monoisotopic (exact) mass is 284 g/mol. The predicted octanol–water partition coefficient (Wildman–Crippen LogP) is 5.48. The van der Waals surface area contributed by atoms with Crippen LogP contribution in [0.3, 0.4) is 0 Å². The molecule has 0 aliphatic rings. The van der Waals surface area contributed by atoms with E-state index in [1.807, 2.05) is 56.1 Å². The molecule has 20 heavy (non-hydrogen) atoms. The van der Waals surface area contributed by atoms with E-state index in [1.165, 1.54) is 0 Å². The number of hydrogen-bond donors (Lipinski definition) is 0. The van der Waals surface area contributed by atoms with E-state index in [2.05, 4.69) is 24.3 Å². The van der Waals surface area contributed by atoms with Crippen LogP contribution in [0.15, 0.2) is 66.5 Å². The van der Waals surface area contributed by atoms with E-state index in [0.717, 1.165) is 16.7 Å². The lowest BCUT2D eigenvalue weighted by Gasteiger charge is -2.14. The third-order valence-corrected chi connectivity index (χ3v) is 6.47. The first-order chi connectivity index (χ1) is 9.68. The van der Waals surface area contributed by atoms with Gasteiger partial charge in [-0.25, -0.2) is 0 Å². The molecule has 2 aromatic carbocycles. The molecule has 0 aromatic heterocycles. The Labute approximate surface area is 121 Å². The molecule has 104 valence electrons. The summed E-state index contributed by atoms with van der Waals surface area (Å²) in [7, 11) is -2.23. The molecular formula is C18H21OP. The van der Waals surface area contributed by atoms with Gasteiger partial charge in [0.25, 0.3) is 0 Å². The first-order valence-corrected chi connectivity index (χ1v) is 9.24. The maximum absolute atomic E-state index is 12.8. The van der Waals surface area contributed by atoms with Crippen molar-refractivity contribution in [3.05, 3.63) is 77.6 Å². The highest BCUT2D eigenvalue weighted by Gasteiger charge is 2.16. The fraction of sp³-hybridized carbons (Fsp3) is 0.222. The van der Waals surface area contributed by atoms with Crippen LogP contribution in [0.25, 0.3) is 5.57 Å². The lowest BCUT2D eigenvalue weighted by Crippen LogP contribution is -1.91. The zero-order valence-corrected chi connectivity index (χ0v) is 13.0. The largest absolute Gasteiger partial charge is 0.319 e. The standard InChI is InChI=1S/C18H21OP/c1-3-20(19,4-2)15-18(16-11-7-5-8-12-16)17-13-9-6-10-14-17/h5-15H,3-4H2,1-2H3. The van der Waals surface area contributed by atoms with Crippen LogP contribution in [0.1, 0.15) is 25.0 Å². The number of rotatable bonds is 5. The fourth-order valence-corrected chi connectivity index (χ4v) is 3.77. The number of benzene rings is 2. The fourth-order valence-electron chi connectivity index (χ4n) is 2.19. The minimum Gasteiger partial charge on any atom is -0.319 e. The number of hydrogen-bond acceptors (Lipinski definition) is 1. The van der Waals surface area contributed by atoms with Gasteiger partial charge < -0.3 is 4.57 Å². The average Bonchev–Trinajstić information content (AvgIpc) is 2.54. The quantitative estimate of drug-likeness (QED) is 0.664. The zero-order chi connectivity index (χ0) is 14.4. The summed E-state index contributed by atoms with van der Waals surface area (Å²) in [5, 5.41) is 0. The topological polar surface area (TPSA) is 17.1 Å². The summed E-state index contributed by atoms with van der Waals surface area (Å²) >= 11 is 0. The second-order valence-corrected chi connectivity index (χ2v) is 8.29. The highest BCUT2D eigenvalue weighted by Crippen LogP contribution is 2.49. The van der Waals surface area contributed by atoms with E-state index in [-0.39, 0.29) is 0 Å². The van der Waals surface area contributed by atoms with Crippen molar-refractivity contribution >= 4 is 12.7 Å². The molecule has 0 aliphatic carbocycles. The van der Waals surface area contributed by atoms with Gasteiger partial charge >= 0.3 is 0 Å². The van der Waals surface area contributed by atoms with Crippen molar-refractivity contribution in [3.8, 4) is 0 Å². The Morgan fingerprint density at radius 1 is 0.850 bits per heavy atom. The summed E-state index contributed by atoms with van der Waals surface area (Å²) in [5.41, 5.74) is 3.33. The van der Waals surface area contributed by atoms with E-state index in [9.17, 15) is 4.57 Å². The minimum atomic E-state index is -2.23. The van der Waals surface area contributed by atoms with Crippen LogP contribution in [0.5, 0.6) is 0 Å². The Kier molecular flexibility index (Phi) is 4.98. The Bertz CT molecular complexity index is 565. The van der Waals surface area contributed by atoms with Gasteiger partial charge in [0, 0.05) is 12.3 Å². The molecule has 1 nitrogen and oxygen atoms in total. The molecule has 2 heteroatoms. The minimum absolute atomic E-state index is 0.715. The summed E-state index contributed by atoms with van der Waals surface area (Å²) in [4.78, 5) is 0. The Morgan fingerprint density at radius 3 is 1.60 bits per heavy atom. The second kappa shape index (κ2) is 6.72. The molecule has 0 radical (unpaired) electrons. The molecule has 0 N–H and O–H groups in total. The molecule has 0 atom stereocenters. The molecule has 2 aromatic rings. The molecule has 0 spiro atoms. The van der Waals surface area contributed by atoms with Crippen molar-refractivity contribution in [2.45, 2.75) is 13.8 Å². The van der Waals surface area contributed by atoms with Crippen molar-refractivity contribution in [1.82, 2.24) is 0 Å². The van der Waals surface area contributed by atoms with Crippen LogP contribution in [0.4, 0.5) is 0 Å². The van der Waals surface area contributed by atoms with Gasteiger partial charge in [-0.15, -0.1) is 0 Å². The molecule has 0 fully saturated rings. The van der Waals surface area contributed by atoms with Gasteiger partial charge in [-0.1, -0.05) is 74.5 Å². The summed E-state index contributed by atoms with van der Waals surface area (Å²) in [5.74, 6) is 2.01. The van der Waals surface area contributed by atoms with E-state index in [0.29, 0.717) is 12.3 Å². The van der Waals surface area contributed by atoms with Gasteiger partial charge in [0.1, 0.15) is 7.14 Å². The SMILES string of the molecule is CCP(=O)(C=C(c1ccccc1)c1ccccc1)CC. The second-order valence-electron chi connectivity index (χ2n) is 4.86. The zero-order valence-electron chi connectivity index (χ0n) is 12.1. The Hall–Kier alpha value is -1.59. The maximum atomic E-state index is 12.8. The first kappa shape index (κ1) is 14.8. The van der Waals surface area contributed by atoms with Crippen LogP contribution >= 0.6 is 7.14 Å². The van der Waals surface area contributed by atoms with Gasteiger partial charge in [0.05, 0.1) is 0 Å². The van der Waals surface area contributed by atoms with Crippen LogP contribution in [0, 0.1) is 0 Å². The normalized spacial score (nSPS) is 11.1. The molecule has 0 unspecified atom stereocenters. The molecule has 0 aliphatic heterocycles. The van der Waals surface area contributed by atoms with E-state index >= 15 is 0 Å². The molecule has 0 saturated heterocycles. The maximum Gasteiger partial charge on any atom is 0.108 e. The molecule has 0 saturated carbocycles. The molecule has 0 amide bonds. The smallest absolute Gasteiger partial charge is 0.108 e. The highest BCUT2D eigenvalue weighted by molar-refractivity contribution is 7.67. The highest BCUT2D eigenvalue weighted by atomic mass is 31.2. The Morgan fingerprint density at radius 2 is 1.25 bits per heavy atom. The van der Waals surface area contributed by atoms with Crippen LogP contribution in [-0.2, 0) is 4.57 Å². The van der Waals surface area contributed by atoms with Gasteiger partial charge in [-0.2, -0.15) is 0 Å². The first-order valence-electron chi connectivity index (χ1n) is 7.10. The predicted molar refractivity (Wildman–Crippen MR) is 88.7 cm³/mol. The van der Waals surface area contributed by atoms with Gasteiger partial charge in [-0.3, -0.25) is 0 Å². The molecule has 2 rings (SSSR count). The van der Waals surface area contributed by atoms with Crippen molar-refractivity contribution < 1.29 is 4.57 Å². The molecular weight excluding hydrogens is 263 g/mol. The van der Waals surface area contributed by atoms with Crippen molar-refractivity contribution in [3.63, 3.8) is 0 Å². The molecule has 0 heterocycles. The van der Waals surface area contributed by atoms with Crippen LogP contribution in [0.2, 0.25) is 0 Å². The molecule has 0 bridgehead atoms. The third-order valence-electron chi connectivity index (χ3n) is 3.60. The van der Waals surface area contributed by atoms with Gasteiger partial charge in [-0.05, 0) is 22.5 Å². The third kappa shape index (κ3) is 3.49. The van der Waals surface area contributed by atoms with Crippen molar-refractivity contribution in [1.29, 1.82) is 0 Å². The summed E-state index contributed by atoms with van der Waals surface area (Å²) in [6.45, 7) is 4.02. The summed E-state index contributed by atoms with van der Waals surface area (Å²) in [6.07, 6.45) is 1.43. The Balaban J connectivity index is 2.57. The van der Waals surface area contributed by atoms with E-state index in [4.69, 9.17) is 0 Å². The van der Waals surface area contributed by atoms with E-state index in [1.54, 1.807) is 0 Å². The summed E-state index contributed by atoms with van der Waals surface area (Å²) in [6, 6.07) is 20.4. The van der Waals surface area contributed by atoms with Gasteiger partial charge in [0.2, 0.25) is 0 Å². The lowest BCUT2D eigenvalue weighted by molar-refractivity contribution is 0.582. The average molecular weight is 284 g/mol. The van der Waals surface area contributed by atoms with Gasteiger partial charge in [0.15, 0.2) is 0 Å². The van der Waals surface area contributed by atoms with Crippen molar-refractivity contribution in [2.75, 3.05) is 12.3 Å². The van der Waals surface area contributed by atoms with E-state index < -0.39 is 7.14 Å². The van der Waals surface area contributed by atoms with Crippen LogP contribution in [-0.4, -0.2) is 12.3 Å². The van der Waals surface area contributed by atoms with Crippen LogP contribution < -0.4 is 0 Å².